The van der Waals surface area contributed by atoms with Crippen LogP contribution >= 0.6 is 0 Å². The van der Waals surface area contributed by atoms with E-state index in [0.29, 0.717) is 5.56 Å². The number of halogens is 1. The quantitative estimate of drug-likeness (QED) is 0.751. The van der Waals surface area contributed by atoms with Crippen LogP contribution in [0.25, 0.3) is 0 Å². The van der Waals surface area contributed by atoms with Crippen molar-refractivity contribution in [1.29, 1.82) is 0 Å². The lowest BCUT2D eigenvalue weighted by Gasteiger charge is -2.16. The number of carbonyl (C=O) groups excluding carboxylic acids is 2. The highest BCUT2D eigenvalue weighted by Crippen LogP contribution is 2.13. The van der Waals surface area contributed by atoms with Gasteiger partial charge >= 0.3 is 11.8 Å². The maximum Gasteiger partial charge on any atom is 0.313 e. The van der Waals surface area contributed by atoms with Gasteiger partial charge in [0.2, 0.25) is 0 Å². The van der Waals surface area contributed by atoms with Crippen molar-refractivity contribution in [2.45, 2.75) is 6.04 Å². The Labute approximate surface area is 126 Å². The molecule has 5 nitrogen and oxygen atoms in total. The van der Waals surface area contributed by atoms with E-state index in [1.807, 2.05) is 0 Å². The molecule has 2 amide bonds. The maximum atomic E-state index is 13.4. The highest BCUT2D eigenvalue weighted by molar-refractivity contribution is 6.39. The van der Waals surface area contributed by atoms with E-state index in [4.69, 9.17) is 0 Å². The molecule has 1 unspecified atom stereocenters. The van der Waals surface area contributed by atoms with Gasteiger partial charge in [-0.2, -0.15) is 0 Å². The molecule has 0 fully saturated rings. The Morgan fingerprint density at radius 2 is 1.64 bits per heavy atom. The van der Waals surface area contributed by atoms with Gasteiger partial charge in [0.05, 0.1) is 18.3 Å². The highest BCUT2D eigenvalue weighted by atomic mass is 19.1. The van der Waals surface area contributed by atoms with Crippen molar-refractivity contribution in [1.82, 2.24) is 5.32 Å². The molecule has 0 spiro atoms. The zero-order chi connectivity index (χ0) is 15.9. The number of aliphatic hydroxyl groups is 1. The highest BCUT2D eigenvalue weighted by Gasteiger charge is 2.20. The summed E-state index contributed by atoms with van der Waals surface area (Å²) in [6.07, 6.45) is 0. The molecular weight excluding hydrogens is 287 g/mol. The largest absolute Gasteiger partial charge is 0.394 e. The summed E-state index contributed by atoms with van der Waals surface area (Å²) in [5.74, 6) is -2.59. The number of hydrogen-bond acceptors (Lipinski definition) is 3. The molecule has 0 radical (unpaired) electrons. The number of amides is 2. The number of nitrogens with one attached hydrogen (secondary N) is 2. The Balaban J connectivity index is 2.02. The summed E-state index contributed by atoms with van der Waals surface area (Å²) in [5, 5.41) is 13.9. The summed E-state index contributed by atoms with van der Waals surface area (Å²) in [6.45, 7) is -0.358. The number of anilines is 1. The van der Waals surface area contributed by atoms with Gasteiger partial charge in [0.15, 0.2) is 0 Å². The molecule has 0 heterocycles. The van der Waals surface area contributed by atoms with E-state index in [-0.39, 0.29) is 12.3 Å². The second kappa shape index (κ2) is 7.33. The lowest BCUT2D eigenvalue weighted by Crippen LogP contribution is -2.39. The number of rotatable bonds is 4. The maximum absolute atomic E-state index is 13.4. The van der Waals surface area contributed by atoms with Gasteiger partial charge in [0.25, 0.3) is 0 Å². The van der Waals surface area contributed by atoms with Gasteiger partial charge in [-0.05, 0) is 17.7 Å². The van der Waals surface area contributed by atoms with E-state index in [9.17, 15) is 19.1 Å². The summed E-state index contributed by atoms with van der Waals surface area (Å²) < 4.78 is 13.4. The Hall–Kier alpha value is -2.73. The van der Waals surface area contributed by atoms with E-state index < -0.39 is 23.7 Å². The molecule has 0 aromatic heterocycles. The first-order chi connectivity index (χ1) is 10.6. The predicted octanol–water partition coefficient (Wildman–Crippen LogP) is 1.61. The molecule has 2 rings (SSSR count). The summed E-state index contributed by atoms with van der Waals surface area (Å²) >= 11 is 0. The third-order valence-corrected chi connectivity index (χ3v) is 3.02. The van der Waals surface area contributed by atoms with Gasteiger partial charge in [-0.25, -0.2) is 4.39 Å². The topological polar surface area (TPSA) is 78.4 Å². The molecule has 0 aliphatic rings. The van der Waals surface area contributed by atoms with Gasteiger partial charge in [0.1, 0.15) is 5.82 Å². The third-order valence-electron chi connectivity index (χ3n) is 3.02. The van der Waals surface area contributed by atoms with Crippen LogP contribution in [-0.2, 0) is 9.59 Å². The first-order valence-electron chi connectivity index (χ1n) is 6.64. The van der Waals surface area contributed by atoms with Gasteiger partial charge in [-0.15, -0.1) is 0 Å². The zero-order valence-electron chi connectivity index (χ0n) is 11.6. The van der Waals surface area contributed by atoms with Gasteiger partial charge in [0, 0.05) is 0 Å². The molecule has 114 valence electrons. The number of hydrogen-bond donors (Lipinski definition) is 3. The van der Waals surface area contributed by atoms with Gasteiger partial charge in [-0.3, -0.25) is 9.59 Å². The molecule has 1 atom stereocenters. The fourth-order valence-corrected chi connectivity index (χ4v) is 1.89. The second-order valence-electron chi connectivity index (χ2n) is 4.55. The Bertz CT molecular complexity index is 661. The van der Waals surface area contributed by atoms with Crippen molar-refractivity contribution >= 4 is 17.5 Å². The van der Waals surface area contributed by atoms with Gasteiger partial charge in [-0.1, -0.05) is 42.5 Å². The smallest absolute Gasteiger partial charge is 0.313 e. The molecule has 6 heteroatoms. The van der Waals surface area contributed by atoms with Crippen LogP contribution in [-0.4, -0.2) is 23.5 Å². The molecule has 0 aliphatic carbocycles. The minimum atomic E-state index is -1.00. The Morgan fingerprint density at radius 1 is 1.00 bits per heavy atom. The molecule has 2 aromatic carbocycles. The molecule has 0 saturated carbocycles. The van der Waals surface area contributed by atoms with E-state index >= 15 is 0 Å². The van der Waals surface area contributed by atoms with Crippen molar-refractivity contribution in [3.8, 4) is 0 Å². The van der Waals surface area contributed by atoms with Crippen LogP contribution in [0.5, 0.6) is 0 Å². The monoisotopic (exact) mass is 302 g/mol. The fraction of sp³-hybridized carbons (Fsp3) is 0.125. The summed E-state index contributed by atoms with van der Waals surface area (Å²) in [6, 6.07) is 13.6. The predicted molar refractivity (Wildman–Crippen MR) is 79.4 cm³/mol. The summed E-state index contributed by atoms with van der Waals surface area (Å²) in [5.41, 5.74) is 0.583. The number of benzene rings is 2. The summed E-state index contributed by atoms with van der Waals surface area (Å²) in [7, 11) is 0. The SMILES string of the molecule is O=C(Nc1ccccc1F)C(=O)NC(CO)c1ccccc1. The standard InChI is InChI=1S/C16H15FN2O3/c17-12-8-4-5-9-13(12)18-15(21)16(22)19-14(10-20)11-6-2-1-3-7-11/h1-9,14,20H,10H2,(H,18,21)(H,19,22). The first kappa shape index (κ1) is 15.7. The van der Waals surface area contributed by atoms with Crippen molar-refractivity contribution in [3.63, 3.8) is 0 Å². The molecule has 0 bridgehead atoms. The normalized spacial score (nSPS) is 11.5. The average Bonchev–Trinajstić information content (AvgIpc) is 2.55. The van der Waals surface area contributed by atoms with Gasteiger partial charge < -0.3 is 15.7 Å². The van der Waals surface area contributed by atoms with Crippen molar-refractivity contribution in [2.75, 3.05) is 11.9 Å². The third kappa shape index (κ3) is 3.89. The lowest BCUT2D eigenvalue weighted by molar-refractivity contribution is -0.136. The van der Waals surface area contributed by atoms with Crippen LogP contribution in [0, 0.1) is 5.82 Å². The van der Waals surface area contributed by atoms with E-state index in [1.165, 1.54) is 24.3 Å². The van der Waals surface area contributed by atoms with Crippen LogP contribution in [0.15, 0.2) is 54.6 Å². The van der Waals surface area contributed by atoms with Crippen LogP contribution in [0.3, 0.4) is 0 Å². The van der Waals surface area contributed by atoms with Crippen LogP contribution in [0.1, 0.15) is 11.6 Å². The first-order valence-corrected chi connectivity index (χ1v) is 6.64. The number of carbonyl (C=O) groups is 2. The minimum absolute atomic E-state index is 0.0806. The van der Waals surface area contributed by atoms with E-state index in [1.54, 1.807) is 30.3 Å². The molecule has 0 saturated heterocycles. The lowest BCUT2D eigenvalue weighted by atomic mass is 10.1. The van der Waals surface area contributed by atoms with Crippen LogP contribution in [0.4, 0.5) is 10.1 Å². The Kier molecular flexibility index (Phi) is 5.21. The zero-order valence-corrected chi connectivity index (χ0v) is 11.6. The molecule has 0 aliphatic heterocycles. The Morgan fingerprint density at radius 3 is 2.27 bits per heavy atom. The molecular formula is C16H15FN2O3. The summed E-state index contributed by atoms with van der Waals surface area (Å²) in [4.78, 5) is 23.6. The van der Waals surface area contributed by atoms with Crippen molar-refractivity contribution in [3.05, 3.63) is 66.0 Å². The number of aliphatic hydroxyl groups excluding tert-OH is 1. The van der Waals surface area contributed by atoms with E-state index in [0.717, 1.165) is 0 Å². The van der Waals surface area contributed by atoms with Crippen molar-refractivity contribution in [2.24, 2.45) is 0 Å². The van der Waals surface area contributed by atoms with E-state index in [2.05, 4.69) is 10.6 Å². The van der Waals surface area contributed by atoms with Crippen LogP contribution in [0.2, 0.25) is 0 Å². The second-order valence-corrected chi connectivity index (χ2v) is 4.55. The minimum Gasteiger partial charge on any atom is -0.394 e. The fourth-order valence-electron chi connectivity index (χ4n) is 1.89. The van der Waals surface area contributed by atoms with Crippen LogP contribution < -0.4 is 10.6 Å². The van der Waals surface area contributed by atoms with Crippen molar-refractivity contribution < 1.29 is 19.1 Å². The number of para-hydroxylation sites is 1. The molecule has 22 heavy (non-hydrogen) atoms. The molecule has 3 N–H and O–H groups in total. The average molecular weight is 302 g/mol. The molecule has 2 aromatic rings.